The van der Waals surface area contributed by atoms with E-state index in [1.165, 1.54) is 19.2 Å². The van der Waals surface area contributed by atoms with Gasteiger partial charge in [0.05, 0.1) is 37.8 Å². The summed E-state index contributed by atoms with van der Waals surface area (Å²) in [4.78, 5) is 14.6. The standard InChI is InChI=1S/C23H26FN5O4S/c1-33-23(30)22-17-27(13-18-5-3-2-4-6-18)11-12-34(31,32)29(22)16-21-15-28(26-25-21)14-19-7-9-20(24)10-8-19/h2-10,15,22H,11-14,16-17H2,1H3. The van der Waals surface area contributed by atoms with Gasteiger partial charge in [0.1, 0.15) is 11.9 Å². The van der Waals surface area contributed by atoms with Crippen LogP contribution < -0.4 is 0 Å². The number of ether oxygens (including phenoxy) is 1. The molecule has 34 heavy (non-hydrogen) atoms. The van der Waals surface area contributed by atoms with E-state index in [-0.39, 0.29) is 24.7 Å². The number of rotatable bonds is 7. The molecule has 0 N–H and O–H groups in total. The number of nitrogens with zero attached hydrogens (tertiary/aromatic N) is 5. The Kier molecular flexibility index (Phi) is 7.35. The number of hydrogen-bond donors (Lipinski definition) is 0. The number of hydrogen-bond acceptors (Lipinski definition) is 7. The average molecular weight is 488 g/mol. The van der Waals surface area contributed by atoms with E-state index in [4.69, 9.17) is 4.74 Å². The largest absolute Gasteiger partial charge is 0.468 e. The topological polar surface area (TPSA) is 97.6 Å². The molecular weight excluding hydrogens is 461 g/mol. The third-order valence-corrected chi connectivity index (χ3v) is 7.48. The van der Waals surface area contributed by atoms with Crippen LogP contribution in [0, 0.1) is 5.82 Å². The van der Waals surface area contributed by atoms with E-state index in [2.05, 4.69) is 10.3 Å². The number of aromatic nitrogens is 3. The van der Waals surface area contributed by atoms with Crippen LogP contribution in [0.3, 0.4) is 0 Å². The minimum absolute atomic E-state index is 0.106. The molecule has 2 heterocycles. The summed E-state index contributed by atoms with van der Waals surface area (Å²) in [6.45, 7) is 1.25. The van der Waals surface area contributed by atoms with Gasteiger partial charge in [0.25, 0.3) is 0 Å². The fourth-order valence-electron chi connectivity index (χ4n) is 3.93. The fraction of sp³-hybridized carbons (Fsp3) is 0.348. The highest BCUT2D eigenvalue weighted by molar-refractivity contribution is 7.89. The zero-order chi connectivity index (χ0) is 24.1. The molecule has 1 aromatic heterocycles. The van der Waals surface area contributed by atoms with Gasteiger partial charge in [-0.2, -0.15) is 4.31 Å². The van der Waals surface area contributed by atoms with E-state index in [1.54, 1.807) is 23.0 Å². The highest BCUT2D eigenvalue weighted by Crippen LogP contribution is 2.20. The van der Waals surface area contributed by atoms with Crippen LogP contribution in [0.5, 0.6) is 0 Å². The van der Waals surface area contributed by atoms with Crippen LogP contribution in [0.2, 0.25) is 0 Å². The molecule has 2 aromatic carbocycles. The van der Waals surface area contributed by atoms with Crippen molar-refractivity contribution in [3.05, 3.63) is 83.4 Å². The van der Waals surface area contributed by atoms with E-state index in [1.807, 2.05) is 35.2 Å². The van der Waals surface area contributed by atoms with Crippen LogP contribution in [0.1, 0.15) is 16.8 Å². The maximum Gasteiger partial charge on any atom is 0.325 e. The second kappa shape index (κ2) is 10.4. The van der Waals surface area contributed by atoms with Gasteiger partial charge in [-0.25, -0.2) is 17.5 Å². The summed E-state index contributed by atoms with van der Waals surface area (Å²) < 4.78 is 47.1. The minimum Gasteiger partial charge on any atom is -0.468 e. The molecule has 0 saturated carbocycles. The molecule has 0 spiro atoms. The van der Waals surface area contributed by atoms with E-state index >= 15 is 0 Å². The fourth-order valence-corrected chi connectivity index (χ4v) is 5.52. The van der Waals surface area contributed by atoms with Gasteiger partial charge in [0.2, 0.25) is 10.0 Å². The van der Waals surface area contributed by atoms with Gasteiger partial charge in [-0.05, 0) is 23.3 Å². The van der Waals surface area contributed by atoms with Crippen LogP contribution in [-0.4, -0.2) is 70.6 Å². The van der Waals surface area contributed by atoms with Crippen molar-refractivity contribution in [3.63, 3.8) is 0 Å². The first-order valence-electron chi connectivity index (χ1n) is 10.8. The lowest BCUT2D eigenvalue weighted by Crippen LogP contribution is -2.48. The van der Waals surface area contributed by atoms with Crippen molar-refractivity contribution in [2.24, 2.45) is 0 Å². The van der Waals surface area contributed by atoms with Crippen molar-refractivity contribution < 1.29 is 22.3 Å². The van der Waals surface area contributed by atoms with Gasteiger partial charge in [0, 0.05) is 19.6 Å². The lowest BCUT2D eigenvalue weighted by Gasteiger charge is -2.28. The molecule has 1 fully saturated rings. The average Bonchev–Trinajstić information content (AvgIpc) is 3.23. The number of halogens is 1. The van der Waals surface area contributed by atoms with Crippen molar-refractivity contribution in [2.45, 2.75) is 25.7 Å². The Morgan fingerprint density at radius 2 is 1.76 bits per heavy atom. The molecule has 0 bridgehead atoms. The van der Waals surface area contributed by atoms with Crippen LogP contribution in [0.15, 0.2) is 60.8 Å². The Balaban J connectivity index is 1.53. The molecule has 1 saturated heterocycles. The van der Waals surface area contributed by atoms with E-state index in [9.17, 15) is 17.6 Å². The third-order valence-electron chi connectivity index (χ3n) is 5.69. The Morgan fingerprint density at radius 1 is 1.06 bits per heavy atom. The lowest BCUT2D eigenvalue weighted by molar-refractivity contribution is -0.145. The zero-order valence-electron chi connectivity index (χ0n) is 18.7. The molecule has 3 aromatic rings. The van der Waals surface area contributed by atoms with Gasteiger partial charge in [-0.1, -0.05) is 47.7 Å². The molecular formula is C23H26FN5O4S. The van der Waals surface area contributed by atoms with Gasteiger partial charge < -0.3 is 4.74 Å². The van der Waals surface area contributed by atoms with Crippen LogP contribution in [0.4, 0.5) is 4.39 Å². The van der Waals surface area contributed by atoms with E-state index in [0.29, 0.717) is 25.3 Å². The summed E-state index contributed by atoms with van der Waals surface area (Å²) >= 11 is 0. The first-order chi connectivity index (χ1) is 16.3. The molecule has 180 valence electrons. The smallest absolute Gasteiger partial charge is 0.325 e. The van der Waals surface area contributed by atoms with Gasteiger partial charge in [0.15, 0.2) is 0 Å². The van der Waals surface area contributed by atoms with Crippen molar-refractivity contribution in [3.8, 4) is 0 Å². The Labute approximate surface area is 197 Å². The molecule has 0 amide bonds. The number of esters is 1. The molecule has 1 aliphatic rings. The van der Waals surface area contributed by atoms with Gasteiger partial charge >= 0.3 is 5.97 Å². The molecule has 9 nitrogen and oxygen atoms in total. The summed E-state index contributed by atoms with van der Waals surface area (Å²) in [6.07, 6.45) is 1.62. The maximum atomic E-state index is 13.2. The number of carbonyl (C=O) groups is 1. The molecule has 1 unspecified atom stereocenters. The Bertz CT molecular complexity index is 1220. The van der Waals surface area contributed by atoms with Crippen molar-refractivity contribution in [1.29, 1.82) is 0 Å². The van der Waals surface area contributed by atoms with Crippen molar-refractivity contribution in [1.82, 2.24) is 24.2 Å². The summed E-state index contributed by atoms with van der Waals surface area (Å²) in [5.41, 5.74) is 2.25. The first-order valence-corrected chi connectivity index (χ1v) is 12.4. The van der Waals surface area contributed by atoms with Crippen LogP contribution >= 0.6 is 0 Å². The number of carbonyl (C=O) groups excluding carboxylic acids is 1. The monoisotopic (exact) mass is 487 g/mol. The molecule has 0 radical (unpaired) electrons. The summed E-state index contributed by atoms with van der Waals surface area (Å²) in [7, 11) is -2.52. The van der Waals surface area contributed by atoms with Crippen LogP contribution in [-0.2, 0) is 39.2 Å². The SMILES string of the molecule is COC(=O)C1CN(Cc2ccccc2)CCS(=O)(=O)N1Cc1cn(Cc2ccc(F)cc2)nn1. The lowest BCUT2D eigenvalue weighted by atomic mass is 10.2. The summed E-state index contributed by atoms with van der Waals surface area (Å²) in [5, 5.41) is 8.15. The third kappa shape index (κ3) is 5.85. The molecule has 1 aliphatic heterocycles. The van der Waals surface area contributed by atoms with Gasteiger partial charge in [-0.3, -0.25) is 9.69 Å². The zero-order valence-corrected chi connectivity index (χ0v) is 19.6. The van der Waals surface area contributed by atoms with Gasteiger partial charge in [-0.15, -0.1) is 5.10 Å². The molecule has 1 atom stereocenters. The second-order valence-electron chi connectivity index (χ2n) is 8.15. The minimum atomic E-state index is -3.77. The second-order valence-corrected chi connectivity index (χ2v) is 10.2. The molecule has 4 rings (SSSR count). The Morgan fingerprint density at radius 3 is 2.47 bits per heavy atom. The number of benzene rings is 2. The quantitative estimate of drug-likeness (QED) is 0.468. The highest BCUT2D eigenvalue weighted by atomic mass is 32.2. The number of methoxy groups -OCH3 is 1. The molecule has 0 aliphatic carbocycles. The van der Waals surface area contributed by atoms with E-state index < -0.39 is 22.0 Å². The van der Waals surface area contributed by atoms with Crippen molar-refractivity contribution >= 4 is 16.0 Å². The van der Waals surface area contributed by atoms with Crippen molar-refractivity contribution in [2.75, 3.05) is 26.0 Å². The summed E-state index contributed by atoms with van der Waals surface area (Å²) in [6, 6.07) is 14.7. The number of sulfonamides is 1. The van der Waals surface area contributed by atoms with E-state index in [0.717, 1.165) is 15.4 Å². The highest BCUT2D eigenvalue weighted by Gasteiger charge is 2.40. The Hall–Kier alpha value is -3.15. The predicted molar refractivity (Wildman–Crippen MR) is 122 cm³/mol. The normalized spacial score (nSPS) is 18.9. The molecule has 11 heteroatoms. The predicted octanol–water partition coefficient (Wildman–Crippen LogP) is 1.65. The summed E-state index contributed by atoms with van der Waals surface area (Å²) in [5.74, 6) is -1.08. The van der Waals surface area contributed by atoms with Crippen LogP contribution in [0.25, 0.3) is 0 Å². The first kappa shape index (κ1) is 24.0. The maximum absolute atomic E-state index is 13.2.